The highest BCUT2D eigenvalue weighted by Crippen LogP contribution is 2.22. The molecule has 2 aromatic rings. The Morgan fingerprint density at radius 1 is 1.12 bits per heavy atom. The highest BCUT2D eigenvalue weighted by Gasteiger charge is 2.06. The largest absolute Gasteiger partial charge is 0.382 e. The molecule has 0 aliphatic heterocycles. The number of aliphatic imine (C=N–C) groups is 1. The number of rotatable bonds is 10. The summed E-state index contributed by atoms with van der Waals surface area (Å²) < 4.78 is 5.35. The van der Waals surface area contributed by atoms with E-state index in [4.69, 9.17) is 4.74 Å². The van der Waals surface area contributed by atoms with Crippen LogP contribution in [0.1, 0.15) is 37.8 Å². The van der Waals surface area contributed by atoms with E-state index in [0.717, 1.165) is 57.9 Å². The maximum atomic E-state index is 5.35. The Hall–Kier alpha value is -2.01. The van der Waals surface area contributed by atoms with Gasteiger partial charge < -0.3 is 20.4 Å². The quantitative estimate of drug-likeness (QED) is 0.352. The molecule has 0 saturated carbocycles. The summed E-state index contributed by atoms with van der Waals surface area (Å²) in [6.45, 7) is 7.64. The maximum absolute atomic E-state index is 5.35. The molecular formula is C20H32N4O. The first-order valence-electron chi connectivity index (χ1n) is 9.40. The fourth-order valence-corrected chi connectivity index (χ4v) is 2.99. The second-order valence-electron chi connectivity index (χ2n) is 6.09. The minimum absolute atomic E-state index is 0.796. The minimum atomic E-state index is 0.796. The fourth-order valence-electron chi connectivity index (χ4n) is 2.99. The summed E-state index contributed by atoms with van der Waals surface area (Å²) in [6.07, 6.45) is 6.32. The van der Waals surface area contributed by atoms with E-state index >= 15 is 0 Å². The van der Waals surface area contributed by atoms with Gasteiger partial charge in [-0.05, 0) is 43.7 Å². The molecule has 0 aliphatic carbocycles. The molecule has 1 heterocycles. The van der Waals surface area contributed by atoms with Crippen LogP contribution in [0.5, 0.6) is 0 Å². The zero-order valence-corrected chi connectivity index (χ0v) is 15.8. The van der Waals surface area contributed by atoms with Crippen LogP contribution in [0, 0.1) is 0 Å². The van der Waals surface area contributed by atoms with E-state index in [1.807, 2.05) is 14.0 Å². The average molecular weight is 345 g/mol. The van der Waals surface area contributed by atoms with E-state index in [9.17, 15) is 0 Å². The van der Waals surface area contributed by atoms with Gasteiger partial charge in [0, 0.05) is 50.5 Å². The van der Waals surface area contributed by atoms with Crippen molar-refractivity contribution < 1.29 is 4.74 Å². The molecule has 1 aromatic heterocycles. The van der Waals surface area contributed by atoms with Gasteiger partial charge in [0.25, 0.3) is 0 Å². The normalized spacial score (nSPS) is 11.9. The van der Waals surface area contributed by atoms with Gasteiger partial charge in [0.05, 0.1) is 0 Å². The molecule has 138 valence electrons. The third-order valence-corrected chi connectivity index (χ3v) is 4.39. The number of hydrogen-bond acceptors (Lipinski definition) is 2. The summed E-state index contributed by atoms with van der Waals surface area (Å²) in [6, 6.07) is 6.54. The molecule has 1 aromatic carbocycles. The fraction of sp³-hybridized carbons (Fsp3) is 0.550. The van der Waals surface area contributed by atoms with Crippen LogP contribution >= 0.6 is 0 Å². The average Bonchev–Trinajstić information content (AvgIpc) is 3.06. The summed E-state index contributed by atoms with van der Waals surface area (Å²) in [5.74, 6) is 0.866. The van der Waals surface area contributed by atoms with Crippen LogP contribution in [-0.2, 0) is 17.6 Å². The van der Waals surface area contributed by atoms with Crippen molar-refractivity contribution in [3.05, 3.63) is 35.5 Å². The lowest BCUT2D eigenvalue weighted by molar-refractivity contribution is 0.143. The van der Waals surface area contributed by atoms with Gasteiger partial charge in [0.15, 0.2) is 5.96 Å². The maximum Gasteiger partial charge on any atom is 0.190 e. The lowest BCUT2D eigenvalue weighted by Crippen LogP contribution is -2.38. The Morgan fingerprint density at radius 3 is 2.72 bits per heavy atom. The highest BCUT2D eigenvalue weighted by atomic mass is 16.5. The second-order valence-corrected chi connectivity index (χ2v) is 6.09. The molecule has 0 atom stereocenters. The standard InChI is InChI=1S/C20H32N4O/c1-4-16-9-8-10-18-17(15-24-19(16)18)11-13-23-20(21-3)22-12-6-7-14-25-5-2/h8-10,15,24H,4-7,11-14H2,1-3H3,(H2,21,22,23). The molecule has 0 unspecified atom stereocenters. The molecule has 25 heavy (non-hydrogen) atoms. The van der Waals surface area contributed by atoms with E-state index < -0.39 is 0 Å². The van der Waals surface area contributed by atoms with Crippen molar-refractivity contribution in [1.29, 1.82) is 0 Å². The lowest BCUT2D eigenvalue weighted by Gasteiger charge is -2.11. The molecule has 3 N–H and O–H groups in total. The Morgan fingerprint density at radius 2 is 1.96 bits per heavy atom. The molecule has 2 rings (SSSR count). The number of nitrogens with one attached hydrogen (secondary N) is 3. The van der Waals surface area contributed by atoms with Crippen LogP contribution in [-0.4, -0.2) is 44.3 Å². The van der Waals surface area contributed by atoms with Gasteiger partial charge in [-0.2, -0.15) is 0 Å². The Labute approximate surface area is 151 Å². The zero-order valence-electron chi connectivity index (χ0n) is 15.8. The summed E-state index contributed by atoms with van der Waals surface area (Å²) in [7, 11) is 1.81. The van der Waals surface area contributed by atoms with Crippen LogP contribution in [0.25, 0.3) is 10.9 Å². The second kappa shape index (κ2) is 10.8. The number of nitrogens with zero attached hydrogens (tertiary/aromatic N) is 1. The number of hydrogen-bond donors (Lipinski definition) is 3. The number of unbranched alkanes of at least 4 members (excludes halogenated alkanes) is 1. The Bertz CT molecular complexity index is 663. The topological polar surface area (TPSA) is 61.4 Å². The minimum Gasteiger partial charge on any atom is -0.382 e. The van der Waals surface area contributed by atoms with Crippen molar-refractivity contribution in [1.82, 2.24) is 15.6 Å². The van der Waals surface area contributed by atoms with Gasteiger partial charge in [0.2, 0.25) is 0 Å². The van der Waals surface area contributed by atoms with E-state index in [1.54, 1.807) is 0 Å². The van der Waals surface area contributed by atoms with E-state index in [1.165, 1.54) is 22.0 Å². The van der Waals surface area contributed by atoms with Gasteiger partial charge >= 0.3 is 0 Å². The highest BCUT2D eigenvalue weighted by molar-refractivity contribution is 5.86. The number of guanidine groups is 1. The number of aromatic nitrogens is 1. The number of aromatic amines is 1. The van der Waals surface area contributed by atoms with Crippen molar-refractivity contribution >= 4 is 16.9 Å². The van der Waals surface area contributed by atoms with E-state index in [2.05, 4.69) is 51.9 Å². The van der Waals surface area contributed by atoms with Crippen molar-refractivity contribution in [2.24, 2.45) is 4.99 Å². The predicted molar refractivity (Wildman–Crippen MR) is 106 cm³/mol. The van der Waals surface area contributed by atoms with Gasteiger partial charge in [-0.3, -0.25) is 4.99 Å². The SMILES string of the molecule is CCOCCCCNC(=NC)NCCc1c[nH]c2c(CC)cccc12. The summed E-state index contributed by atoms with van der Waals surface area (Å²) >= 11 is 0. The molecule has 0 spiro atoms. The van der Waals surface area contributed by atoms with Crippen LogP contribution in [0.3, 0.4) is 0 Å². The molecule has 0 bridgehead atoms. The predicted octanol–water partition coefficient (Wildman–Crippen LogP) is 3.25. The number of H-pyrrole nitrogens is 1. The molecular weight excluding hydrogens is 312 g/mol. The number of ether oxygens (including phenoxy) is 1. The van der Waals surface area contributed by atoms with Crippen LogP contribution in [0.15, 0.2) is 29.4 Å². The molecule has 5 heteroatoms. The summed E-state index contributed by atoms with van der Waals surface area (Å²) in [4.78, 5) is 7.72. The number of para-hydroxylation sites is 1. The zero-order chi connectivity index (χ0) is 17.9. The third kappa shape index (κ3) is 5.78. The first-order valence-corrected chi connectivity index (χ1v) is 9.40. The van der Waals surface area contributed by atoms with Gasteiger partial charge in [0.1, 0.15) is 0 Å². The van der Waals surface area contributed by atoms with Crippen LogP contribution in [0.4, 0.5) is 0 Å². The summed E-state index contributed by atoms with van der Waals surface area (Å²) in [5.41, 5.74) is 4.00. The van der Waals surface area contributed by atoms with E-state index in [-0.39, 0.29) is 0 Å². The monoisotopic (exact) mass is 344 g/mol. The van der Waals surface area contributed by atoms with E-state index in [0.29, 0.717) is 0 Å². The van der Waals surface area contributed by atoms with Gasteiger partial charge in [-0.1, -0.05) is 25.1 Å². The molecule has 5 nitrogen and oxygen atoms in total. The van der Waals surface area contributed by atoms with Crippen molar-refractivity contribution in [3.8, 4) is 0 Å². The van der Waals surface area contributed by atoms with Gasteiger partial charge in [-0.15, -0.1) is 0 Å². The number of fused-ring (bicyclic) bond motifs is 1. The third-order valence-electron chi connectivity index (χ3n) is 4.39. The number of benzene rings is 1. The molecule has 0 fully saturated rings. The molecule has 0 aliphatic rings. The lowest BCUT2D eigenvalue weighted by atomic mass is 10.1. The van der Waals surface area contributed by atoms with Crippen molar-refractivity contribution in [3.63, 3.8) is 0 Å². The van der Waals surface area contributed by atoms with Crippen LogP contribution < -0.4 is 10.6 Å². The first kappa shape index (κ1) is 19.3. The Kier molecular flexibility index (Phi) is 8.32. The van der Waals surface area contributed by atoms with Crippen molar-refractivity contribution in [2.45, 2.75) is 39.5 Å². The molecule has 0 radical (unpaired) electrons. The molecule has 0 saturated heterocycles. The molecule has 0 amide bonds. The Balaban J connectivity index is 1.76. The smallest absolute Gasteiger partial charge is 0.190 e. The van der Waals surface area contributed by atoms with Crippen molar-refractivity contribution in [2.75, 3.05) is 33.4 Å². The number of aryl methyl sites for hydroxylation is 1. The summed E-state index contributed by atoms with van der Waals surface area (Å²) in [5, 5.41) is 8.09. The van der Waals surface area contributed by atoms with Gasteiger partial charge in [-0.25, -0.2) is 0 Å². The van der Waals surface area contributed by atoms with Crippen LogP contribution in [0.2, 0.25) is 0 Å². The first-order chi connectivity index (χ1) is 12.3.